The number of nitrogens with one attached hydrogen (secondary N) is 2. The molecule has 0 saturated heterocycles. The largest absolute Gasteiger partial charge is 0.496 e. The zero-order valence-corrected chi connectivity index (χ0v) is 17.4. The number of aromatic nitrogens is 1. The maximum Gasteiger partial charge on any atom is 0.235 e. The van der Waals surface area contributed by atoms with Gasteiger partial charge in [-0.2, -0.15) is 0 Å². The molecule has 152 valence electrons. The van der Waals surface area contributed by atoms with Gasteiger partial charge in [0.2, 0.25) is 5.91 Å². The molecule has 1 aliphatic carbocycles. The van der Waals surface area contributed by atoms with Crippen molar-refractivity contribution in [3.8, 4) is 5.75 Å². The molecule has 29 heavy (non-hydrogen) atoms. The summed E-state index contributed by atoms with van der Waals surface area (Å²) in [6, 6.07) is 13.8. The molecule has 0 spiro atoms. The second-order valence-corrected chi connectivity index (χ2v) is 8.96. The van der Waals surface area contributed by atoms with Crippen molar-refractivity contribution < 1.29 is 14.6 Å². The van der Waals surface area contributed by atoms with E-state index < -0.39 is 5.41 Å². The Morgan fingerprint density at radius 3 is 2.55 bits per heavy atom. The van der Waals surface area contributed by atoms with Gasteiger partial charge in [0.05, 0.1) is 19.1 Å². The first-order valence-electron chi connectivity index (χ1n) is 10.00. The van der Waals surface area contributed by atoms with Gasteiger partial charge in [-0.1, -0.05) is 26.8 Å². The topological polar surface area (TPSA) is 74.3 Å². The molecule has 2 aromatic carbocycles. The van der Waals surface area contributed by atoms with Crippen LogP contribution < -0.4 is 10.1 Å². The van der Waals surface area contributed by atoms with Crippen LogP contribution in [0.4, 0.5) is 5.69 Å². The van der Waals surface area contributed by atoms with Gasteiger partial charge < -0.3 is 20.1 Å². The highest BCUT2D eigenvalue weighted by molar-refractivity contribution is 6.02. The number of carbonyl (C=O) groups is 1. The highest BCUT2D eigenvalue weighted by atomic mass is 16.5. The van der Waals surface area contributed by atoms with Gasteiger partial charge in [-0.15, -0.1) is 0 Å². The monoisotopic (exact) mass is 392 g/mol. The van der Waals surface area contributed by atoms with Gasteiger partial charge in [-0.05, 0) is 54.8 Å². The Morgan fingerprint density at radius 2 is 1.93 bits per heavy atom. The SMILES string of the molecule is COc1ccc(C2(C(=O)Nc3ccc4[nH]c(C(C)(C)C)cc4c3)CC2)cc1CO. The quantitative estimate of drug-likeness (QED) is 0.592. The number of rotatable bonds is 5. The molecule has 1 fully saturated rings. The number of hydrogen-bond donors (Lipinski definition) is 3. The van der Waals surface area contributed by atoms with Crippen LogP contribution in [0.5, 0.6) is 5.75 Å². The van der Waals surface area contributed by atoms with Gasteiger partial charge in [0.15, 0.2) is 0 Å². The van der Waals surface area contributed by atoms with Crippen molar-refractivity contribution in [1.29, 1.82) is 0 Å². The normalized spacial score (nSPS) is 15.3. The smallest absolute Gasteiger partial charge is 0.235 e. The minimum atomic E-state index is -0.528. The third kappa shape index (κ3) is 3.51. The van der Waals surface area contributed by atoms with Gasteiger partial charge in [-0.3, -0.25) is 4.79 Å². The predicted octanol–water partition coefficient (Wildman–Crippen LogP) is 4.64. The Kier molecular flexibility index (Phi) is 4.66. The number of amides is 1. The van der Waals surface area contributed by atoms with E-state index in [0.717, 1.165) is 35.0 Å². The fraction of sp³-hybridized carbons (Fsp3) is 0.375. The van der Waals surface area contributed by atoms with Crippen LogP contribution in [0, 0.1) is 0 Å². The summed E-state index contributed by atoms with van der Waals surface area (Å²) in [7, 11) is 1.58. The average molecular weight is 392 g/mol. The van der Waals surface area contributed by atoms with Crippen molar-refractivity contribution in [2.45, 2.75) is 51.0 Å². The van der Waals surface area contributed by atoms with E-state index in [9.17, 15) is 9.90 Å². The molecule has 1 aromatic heterocycles. The van der Waals surface area contributed by atoms with E-state index in [0.29, 0.717) is 11.3 Å². The standard InChI is InChI=1S/C24H28N2O3/c1-23(2,3)21-13-15-12-18(6-7-19(15)26-21)25-22(28)24(9-10-24)17-5-8-20(29-4)16(11-17)14-27/h5-8,11-13,26-27H,9-10,14H2,1-4H3,(H,25,28). The first kappa shape index (κ1) is 19.5. The molecule has 3 N–H and O–H groups in total. The number of methoxy groups -OCH3 is 1. The number of hydrogen-bond acceptors (Lipinski definition) is 3. The van der Waals surface area contributed by atoms with Crippen LogP contribution in [0.15, 0.2) is 42.5 Å². The number of aliphatic hydroxyl groups is 1. The van der Waals surface area contributed by atoms with Crippen molar-refractivity contribution in [1.82, 2.24) is 4.98 Å². The summed E-state index contributed by atoms with van der Waals surface area (Å²) in [6.45, 7) is 6.40. The summed E-state index contributed by atoms with van der Waals surface area (Å²) < 4.78 is 5.28. The van der Waals surface area contributed by atoms with Crippen LogP contribution in [0.2, 0.25) is 0 Å². The molecule has 3 aromatic rings. The average Bonchev–Trinajstić information content (AvgIpc) is 3.39. The highest BCUT2D eigenvalue weighted by Gasteiger charge is 2.51. The number of benzene rings is 2. The number of anilines is 1. The zero-order valence-electron chi connectivity index (χ0n) is 17.4. The minimum Gasteiger partial charge on any atom is -0.496 e. The van der Waals surface area contributed by atoms with Crippen molar-refractivity contribution >= 4 is 22.5 Å². The lowest BCUT2D eigenvalue weighted by Crippen LogP contribution is -2.28. The summed E-state index contributed by atoms with van der Waals surface area (Å²) in [5.41, 5.74) is 4.18. The fourth-order valence-electron chi connectivity index (χ4n) is 3.84. The lowest BCUT2D eigenvalue weighted by molar-refractivity contribution is -0.118. The Hall–Kier alpha value is -2.79. The molecule has 1 aliphatic rings. The maximum atomic E-state index is 13.1. The second kappa shape index (κ2) is 6.92. The molecule has 1 amide bonds. The lowest BCUT2D eigenvalue weighted by atomic mass is 9.92. The van der Waals surface area contributed by atoms with Crippen molar-refractivity contribution in [2.75, 3.05) is 12.4 Å². The zero-order chi connectivity index (χ0) is 20.8. The number of aliphatic hydroxyl groups excluding tert-OH is 1. The van der Waals surface area contributed by atoms with E-state index in [-0.39, 0.29) is 17.9 Å². The number of fused-ring (bicyclic) bond motifs is 1. The summed E-state index contributed by atoms with van der Waals surface area (Å²) in [4.78, 5) is 16.6. The predicted molar refractivity (Wildman–Crippen MR) is 115 cm³/mol. The number of H-pyrrole nitrogens is 1. The van der Waals surface area contributed by atoms with E-state index in [1.807, 2.05) is 36.4 Å². The molecular formula is C24H28N2O3. The van der Waals surface area contributed by atoms with Gasteiger partial charge in [0.1, 0.15) is 5.75 Å². The van der Waals surface area contributed by atoms with Crippen molar-refractivity contribution in [2.24, 2.45) is 0 Å². The molecule has 1 saturated carbocycles. The van der Waals surface area contributed by atoms with E-state index in [1.165, 1.54) is 5.69 Å². The Labute approximate surface area is 171 Å². The Balaban J connectivity index is 1.59. The van der Waals surface area contributed by atoms with E-state index in [1.54, 1.807) is 7.11 Å². The number of ether oxygens (including phenoxy) is 1. The Morgan fingerprint density at radius 1 is 1.17 bits per heavy atom. The van der Waals surface area contributed by atoms with Crippen LogP contribution >= 0.6 is 0 Å². The van der Waals surface area contributed by atoms with Gasteiger partial charge in [0, 0.05) is 33.3 Å². The fourth-order valence-corrected chi connectivity index (χ4v) is 3.84. The second-order valence-electron chi connectivity index (χ2n) is 8.96. The first-order valence-corrected chi connectivity index (χ1v) is 10.00. The summed E-state index contributed by atoms with van der Waals surface area (Å²) >= 11 is 0. The van der Waals surface area contributed by atoms with Crippen LogP contribution in [-0.4, -0.2) is 23.1 Å². The third-order valence-corrected chi connectivity index (χ3v) is 5.87. The third-order valence-electron chi connectivity index (χ3n) is 5.87. The maximum absolute atomic E-state index is 13.1. The summed E-state index contributed by atoms with van der Waals surface area (Å²) in [5, 5.41) is 13.8. The highest BCUT2D eigenvalue weighted by Crippen LogP contribution is 2.49. The molecule has 0 bridgehead atoms. The van der Waals surface area contributed by atoms with Crippen LogP contribution in [0.1, 0.15) is 50.4 Å². The molecule has 5 nitrogen and oxygen atoms in total. The molecule has 0 unspecified atom stereocenters. The molecule has 0 atom stereocenters. The number of aromatic amines is 1. The molecular weight excluding hydrogens is 364 g/mol. The van der Waals surface area contributed by atoms with Gasteiger partial charge in [-0.25, -0.2) is 0 Å². The summed E-state index contributed by atoms with van der Waals surface area (Å²) in [5.74, 6) is 0.637. The molecule has 0 radical (unpaired) electrons. The van der Waals surface area contributed by atoms with Crippen LogP contribution in [0.25, 0.3) is 10.9 Å². The minimum absolute atomic E-state index is 0.00233. The first-order chi connectivity index (χ1) is 13.8. The van der Waals surface area contributed by atoms with Gasteiger partial charge in [0.25, 0.3) is 0 Å². The molecule has 4 rings (SSSR count). The Bertz CT molecular complexity index is 1070. The molecule has 0 aliphatic heterocycles. The molecule has 1 heterocycles. The van der Waals surface area contributed by atoms with E-state index >= 15 is 0 Å². The van der Waals surface area contributed by atoms with E-state index in [4.69, 9.17) is 4.74 Å². The van der Waals surface area contributed by atoms with E-state index in [2.05, 4.69) is 37.1 Å². The summed E-state index contributed by atoms with van der Waals surface area (Å²) in [6.07, 6.45) is 1.60. The van der Waals surface area contributed by atoms with Crippen LogP contribution in [-0.2, 0) is 22.2 Å². The van der Waals surface area contributed by atoms with Crippen molar-refractivity contribution in [3.05, 3.63) is 59.3 Å². The number of carbonyl (C=O) groups excluding carboxylic acids is 1. The van der Waals surface area contributed by atoms with Crippen molar-refractivity contribution in [3.63, 3.8) is 0 Å². The van der Waals surface area contributed by atoms with Crippen LogP contribution in [0.3, 0.4) is 0 Å². The molecule has 5 heteroatoms. The van der Waals surface area contributed by atoms with Gasteiger partial charge >= 0.3 is 0 Å². The lowest BCUT2D eigenvalue weighted by Gasteiger charge is -2.18.